The first-order valence-corrected chi connectivity index (χ1v) is 9.20. The molecule has 1 amide bonds. The number of aryl methyl sites for hydroxylation is 2. The molecular formula is C23H23N3O3. The molecule has 0 atom stereocenters. The number of carbonyl (C=O) groups is 1. The largest absolute Gasteiger partial charge is 0.439 e. The predicted octanol–water partition coefficient (Wildman–Crippen LogP) is 4.40. The molecule has 0 fully saturated rings. The molecule has 0 unspecified atom stereocenters. The molecule has 2 aromatic carbocycles. The Kier molecular flexibility index (Phi) is 6.58. The van der Waals surface area contributed by atoms with Crippen molar-refractivity contribution in [2.45, 2.75) is 20.4 Å². The lowest BCUT2D eigenvalue weighted by atomic mass is 10.1. The average Bonchev–Trinajstić information content (AvgIpc) is 2.74. The van der Waals surface area contributed by atoms with Crippen molar-refractivity contribution in [1.82, 2.24) is 10.3 Å². The highest BCUT2D eigenvalue weighted by molar-refractivity contribution is 5.94. The molecule has 0 radical (unpaired) electrons. The van der Waals surface area contributed by atoms with Gasteiger partial charge >= 0.3 is 0 Å². The van der Waals surface area contributed by atoms with Gasteiger partial charge in [-0.05, 0) is 54.3 Å². The van der Waals surface area contributed by atoms with Crippen LogP contribution in [0.25, 0.3) is 0 Å². The lowest BCUT2D eigenvalue weighted by molar-refractivity contribution is 0.0951. The Morgan fingerprint density at radius 3 is 2.59 bits per heavy atom. The fourth-order valence-electron chi connectivity index (χ4n) is 2.62. The summed E-state index contributed by atoms with van der Waals surface area (Å²) in [4.78, 5) is 21.3. The van der Waals surface area contributed by atoms with Crippen molar-refractivity contribution in [2.75, 3.05) is 7.11 Å². The Morgan fingerprint density at radius 1 is 1.10 bits per heavy atom. The van der Waals surface area contributed by atoms with Crippen LogP contribution in [0.15, 0.2) is 65.9 Å². The van der Waals surface area contributed by atoms with E-state index in [0.717, 1.165) is 28.0 Å². The second kappa shape index (κ2) is 9.50. The Hall–Kier alpha value is -3.67. The Labute approximate surface area is 170 Å². The number of benzene rings is 2. The summed E-state index contributed by atoms with van der Waals surface area (Å²) >= 11 is 0. The SMILES string of the molecule is CO/N=C/c1ccc(C(=O)NCc2ccc(Oc3cc(C)ccc3C)nc2)cc1. The predicted molar refractivity (Wildman–Crippen MR) is 112 cm³/mol. The minimum Gasteiger partial charge on any atom is -0.439 e. The van der Waals surface area contributed by atoms with Crippen LogP contribution in [0.1, 0.15) is 32.6 Å². The first-order valence-electron chi connectivity index (χ1n) is 9.20. The van der Waals surface area contributed by atoms with Gasteiger partial charge in [0.25, 0.3) is 5.91 Å². The molecular weight excluding hydrogens is 366 g/mol. The van der Waals surface area contributed by atoms with Crippen LogP contribution in [0, 0.1) is 13.8 Å². The third kappa shape index (κ3) is 5.65. The van der Waals surface area contributed by atoms with Crippen LogP contribution in [-0.2, 0) is 11.4 Å². The number of pyridine rings is 1. The quantitative estimate of drug-likeness (QED) is 0.480. The van der Waals surface area contributed by atoms with Gasteiger partial charge in [0.05, 0.1) is 6.21 Å². The van der Waals surface area contributed by atoms with E-state index in [9.17, 15) is 4.79 Å². The van der Waals surface area contributed by atoms with E-state index in [0.29, 0.717) is 18.0 Å². The van der Waals surface area contributed by atoms with Gasteiger partial charge in [0, 0.05) is 24.4 Å². The van der Waals surface area contributed by atoms with E-state index in [4.69, 9.17) is 4.74 Å². The van der Waals surface area contributed by atoms with Gasteiger partial charge < -0.3 is 14.9 Å². The summed E-state index contributed by atoms with van der Waals surface area (Å²) in [6.07, 6.45) is 3.28. The minimum atomic E-state index is -0.157. The maximum absolute atomic E-state index is 12.3. The van der Waals surface area contributed by atoms with E-state index >= 15 is 0 Å². The molecule has 0 saturated heterocycles. The van der Waals surface area contributed by atoms with E-state index < -0.39 is 0 Å². The summed E-state index contributed by atoms with van der Waals surface area (Å²) < 4.78 is 5.86. The topological polar surface area (TPSA) is 72.8 Å². The molecule has 0 bridgehead atoms. The first kappa shape index (κ1) is 20.1. The zero-order valence-electron chi connectivity index (χ0n) is 16.7. The number of amides is 1. The number of carbonyl (C=O) groups excluding carboxylic acids is 1. The smallest absolute Gasteiger partial charge is 0.251 e. The molecule has 0 aliphatic rings. The monoisotopic (exact) mass is 389 g/mol. The summed E-state index contributed by atoms with van der Waals surface area (Å²) in [6.45, 7) is 4.39. The summed E-state index contributed by atoms with van der Waals surface area (Å²) in [5.41, 5.74) is 4.49. The molecule has 1 N–H and O–H groups in total. The van der Waals surface area contributed by atoms with Gasteiger partial charge in [0.15, 0.2) is 0 Å². The highest BCUT2D eigenvalue weighted by Crippen LogP contribution is 2.24. The third-order valence-electron chi connectivity index (χ3n) is 4.29. The second-order valence-corrected chi connectivity index (χ2v) is 6.60. The van der Waals surface area contributed by atoms with E-state index in [2.05, 4.69) is 20.3 Å². The number of ether oxygens (including phenoxy) is 1. The number of nitrogens with zero attached hydrogens (tertiary/aromatic N) is 2. The summed E-state index contributed by atoms with van der Waals surface area (Å²) in [6, 6.07) is 16.8. The molecule has 6 heteroatoms. The highest BCUT2D eigenvalue weighted by Gasteiger charge is 2.07. The molecule has 1 heterocycles. The van der Waals surface area contributed by atoms with Crippen LogP contribution >= 0.6 is 0 Å². The van der Waals surface area contributed by atoms with Crippen LogP contribution in [0.2, 0.25) is 0 Å². The fraction of sp³-hybridized carbons (Fsp3) is 0.174. The van der Waals surface area contributed by atoms with E-state index in [-0.39, 0.29) is 5.91 Å². The lowest BCUT2D eigenvalue weighted by Gasteiger charge is -2.10. The van der Waals surface area contributed by atoms with Crippen LogP contribution in [0.5, 0.6) is 11.6 Å². The highest BCUT2D eigenvalue weighted by atomic mass is 16.6. The van der Waals surface area contributed by atoms with Gasteiger partial charge in [0.2, 0.25) is 5.88 Å². The number of rotatable bonds is 7. The summed E-state index contributed by atoms with van der Waals surface area (Å²) in [5.74, 6) is 1.15. The minimum absolute atomic E-state index is 0.157. The van der Waals surface area contributed by atoms with Crippen molar-refractivity contribution in [3.8, 4) is 11.6 Å². The van der Waals surface area contributed by atoms with Crippen molar-refractivity contribution < 1.29 is 14.4 Å². The van der Waals surface area contributed by atoms with Gasteiger partial charge in [-0.25, -0.2) is 4.98 Å². The average molecular weight is 389 g/mol. The van der Waals surface area contributed by atoms with Gasteiger partial charge in [-0.2, -0.15) is 0 Å². The molecule has 148 valence electrons. The molecule has 0 spiro atoms. The molecule has 29 heavy (non-hydrogen) atoms. The van der Waals surface area contributed by atoms with Crippen LogP contribution in [-0.4, -0.2) is 24.2 Å². The molecule has 0 saturated carbocycles. The van der Waals surface area contributed by atoms with E-state index in [1.54, 1.807) is 42.7 Å². The van der Waals surface area contributed by atoms with Gasteiger partial charge in [0.1, 0.15) is 12.9 Å². The molecule has 0 aliphatic heterocycles. The van der Waals surface area contributed by atoms with Gasteiger partial charge in [-0.1, -0.05) is 35.5 Å². The Balaban J connectivity index is 1.56. The van der Waals surface area contributed by atoms with Crippen molar-refractivity contribution >= 4 is 12.1 Å². The van der Waals surface area contributed by atoms with Gasteiger partial charge in [-0.3, -0.25) is 4.79 Å². The molecule has 3 rings (SSSR count). The number of hydrogen-bond acceptors (Lipinski definition) is 5. The van der Waals surface area contributed by atoms with E-state index in [1.807, 2.05) is 38.1 Å². The molecule has 6 nitrogen and oxygen atoms in total. The third-order valence-corrected chi connectivity index (χ3v) is 4.29. The normalized spacial score (nSPS) is 10.7. The summed E-state index contributed by atoms with van der Waals surface area (Å²) in [7, 11) is 1.48. The Morgan fingerprint density at radius 2 is 1.90 bits per heavy atom. The summed E-state index contributed by atoms with van der Waals surface area (Å²) in [5, 5.41) is 6.58. The van der Waals surface area contributed by atoms with Gasteiger partial charge in [-0.15, -0.1) is 0 Å². The zero-order chi connectivity index (χ0) is 20.6. The number of hydrogen-bond donors (Lipinski definition) is 1. The maximum Gasteiger partial charge on any atom is 0.251 e. The molecule has 0 aliphatic carbocycles. The maximum atomic E-state index is 12.3. The zero-order valence-corrected chi connectivity index (χ0v) is 16.7. The number of oxime groups is 1. The standard InChI is InChI=1S/C23H23N3O3/c1-16-4-5-17(2)21(12-16)29-22-11-8-19(13-24-22)14-25-23(27)20-9-6-18(7-10-20)15-26-28-3/h4-13,15H,14H2,1-3H3,(H,25,27)/b26-15+. The fourth-order valence-corrected chi connectivity index (χ4v) is 2.62. The lowest BCUT2D eigenvalue weighted by Crippen LogP contribution is -2.22. The van der Waals surface area contributed by atoms with Crippen molar-refractivity contribution in [3.63, 3.8) is 0 Å². The van der Waals surface area contributed by atoms with E-state index in [1.165, 1.54) is 7.11 Å². The van der Waals surface area contributed by atoms with Crippen molar-refractivity contribution in [1.29, 1.82) is 0 Å². The van der Waals surface area contributed by atoms with Crippen LogP contribution < -0.4 is 10.1 Å². The number of aromatic nitrogens is 1. The van der Waals surface area contributed by atoms with Crippen molar-refractivity contribution in [3.05, 3.63) is 88.6 Å². The van der Waals surface area contributed by atoms with Crippen LogP contribution in [0.4, 0.5) is 0 Å². The van der Waals surface area contributed by atoms with Crippen molar-refractivity contribution in [2.24, 2.45) is 5.16 Å². The first-order chi connectivity index (χ1) is 14.0. The molecule has 1 aromatic heterocycles. The van der Waals surface area contributed by atoms with Crippen LogP contribution in [0.3, 0.4) is 0 Å². The second-order valence-electron chi connectivity index (χ2n) is 6.60. The number of nitrogens with one attached hydrogen (secondary N) is 1. The molecule has 3 aromatic rings. The Bertz CT molecular complexity index is 997.